The predicted molar refractivity (Wildman–Crippen MR) is 123 cm³/mol. The standard InChI is InChI=1S/C26H29NO3/c1-4-25(20-7-5-9-22(28)17-20)26(21-8-6-10-23(29)18-21)19-11-13-24(14-12-19)30-16-15-27(2)3/h5-14,17-18,28-29H,4,15-16H2,1-3H3/b26-25-. The second-order valence-electron chi connectivity index (χ2n) is 7.48. The fraction of sp³-hybridized carbons (Fsp3) is 0.231. The van der Waals surface area contributed by atoms with Gasteiger partial charge >= 0.3 is 0 Å². The van der Waals surface area contributed by atoms with Crippen LogP contribution in [0.4, 0.5) is 0 Å². The lowest BCUT2D eigenvalue weighted by Crippen LogP contribution is -2.19. The number of ether oxygens (including phenoxy) is 1. The Balaban J connectivity index is 2.06. The van der Waals surface area contributed by atoms with Gasteiger partial charge in [0.25, 0.3) is 0 Å². The number of hydrogen-bond acceptors (Lipinski definition) is 4. The van der Waals surface area contributed by atoms with Crippen LogP contribution in [0, 0.1) is 0 Å². The Kier molecular flexibility index (Phi) is 7.15. The highest BCUT2D eigenvalue weighted by Gasteiger charge is 2.14. The monoisotopic (exact) mass is 403 g/mol. The number of rotatable bonds is 8. The van der Waals surface area contributed by atoms with E-state index in [1.54, 1.807) is 24.3 Å². The summed E-state index contributed by atoms with van der Waals surface area (Å²) in [5.74, 6) is 1.28. The molecule has 0 heterocycles. The second kappa shape index (κ2) is 9.99. The molecule has 0 radical (unpaired) electrons. The van der Waals surface area contributed by atoms with Crippen LogP contribution in [-0.2, 0) is 0 Å². The van der Waals surface area contributed by atoms with Crippen LogP contribution in [0.1, 0.15) is 30.0 Å². The zero-order valence-electron chi connectivity index (χ0n) is 17.8. The first kappa shape index (κ1) is 21.5. The highest BCUT2D eigenvalue weighted by atomic mass is 16.5. The van der Waals surface area contributed by atoms with Crippen molar-refractivity contribution in [2.24, 2.45) is 0 Å². The van der Waals surface area contributed by atoms with Crippen LogP contribution >= 0.6 is 0 Å². The third-order valence-corrected chi connectivity index (χ3v) is 4.93. The van der Waals surface area contributed by atoms with Crippen LogP contribution in [0.5, 0.6) is 17.2 Å². The zero-order chi connectivity index (χ0) is 21.5. The second-order valence-corrected chi connectivity index (χ2v) is 7.48. The molecule has 0 aromatic heterocycles. The number of benzene rings is 3. The molecule has 0 saturated carbocycles. The third kappa shape index (κ3) is 5.43. The van der Waals surface area contributed by atoms with Gasteiger partial charge in [0.1, 0.15) is 23.9 Å². The van der Waals surface area contributed by atoms with Gasteiger partial charge < -0.3 is 19.8 Å². The summed E-state index contributed by atoms with van der Waals surface area (Å²) in [6.07, 6.45) is 0.773. The average Bonchev–Trinajstić information content (AvgIpc) is 2.72. The van der Waals surface area contributed by atoms with E-state index in [0.29, 0.717) is 6.61 Å². The molecule has 0 atom stereocenters. The number of phenolic OH excluding ortho intramolecular Hbond substituents is 2. The molecular weight excluding hydrogens is 374 g/mol. The van der Waals surface area contributed by atoms with Gasteiger partial charge in [0.2, 0.25) is 0 Å². The molecule has 0 amide bonds. The normalized spacial score (nSPS) is 12.0. The molecular formula is C26H29NO3. The summed E-state index contributed by atoms with van der Waals surface area (Å²) >= 11 is 0. The Morgan fingerprint density at radius 3 is 1.97 bits per heavy atom. The summed E-state index contributed by atoms with van der Waals surface area (Å²) < 4.78 is 5.83. The zero-order valence-corrected chi connectivity index (χ0v) is 17.8. The average molecular weight is 404 g/mol. The molecule has 4 nitrogen and oxygen atoms in total. The molecule has 0 aliphatic heterocycles. The molecule has 0 aliphatic rings. The van der Waals surface area contributed by atoms with Crippen LogP contribution in [0.3, 0.4) is 0 Å². The van der Waals surface area contributed by atoms with E-state index in [-0.39, 0.29) is 11.5 Å². The summed E-state index contributed by atoms with van der Waals surface area (Å²) in [7, 11) is 4.04. The largest absolute Gasteiger partial charge is 0.508 e. The summed E-state index contributed by atoms with van der Waals surface area (Å²) in [4.78, 5) is 2.08. The topological polar surface area (TPSA) is 52.9 Å². The summed E-state index contributed by atoms with van der Waals surface area (Å²) in [5.41, 5.74) is 5.04. The third-order valence-electron chi connectivity index (χ3n) is 4.93. The Bertz CT molecular complexity index is 1010. The molecule has 0 unspecified atom stereocenters. The first-order chi connectivity index (χ1) is 14.5. The van der Waals surface area contributed by atoms with Crippen LogP contribution < -0.4 is 4.74 Å². The van der Waals surface area contributed by atoms with Gasteiger partial charge in [-0.05, 0) is 84.8 Å². The number of phenols is 2. The van der Waals surface area contributed by atoms with Gasteiger partial charge in [-0.15, -0.1) is 0 Å². The quantitative estimate of drug-likeness (QED) is 0.494. The number of hydrogen-bond donors (Lipinski definition) is 2. The molecule has 3 aromatic carbocycles. The molecule has 4 heteroatoms. The van der Waals surface area contributed by atoms with Crippen molar-refractivity contribution in [1.29, 1.82) is 0 Å². The molecule has 0 fully saturated rings. The van der Waals surface area contributed by atoms with Crippen LogP contribution in [-0.4, -0.2) is 42.4 Å². The van der Waals surface area contributed by atoms with Crippen LogP contribution in [0.25, 0.3) is 11.1 Å². The molecule has 2 N–H and O–H groups in total. The van der Waals surface area contributed by atoms with Gasteiger partial charge in [-0.1, -0.05) is 43.3 Å². The highest BCUT2D eigenvalue weighted by molar-refractivity contribution is 5.98. The first-order valence-electron chi connectivity index (χ1n) is 10.2. The van der Waals surface area contributed by atoms with Gasteiger partial charge in [-0.25, -0.2) is 0 Å². The van der Waals surface area contributed by atoms with E-state index in [0.717, 1.165) is 46.6 Å². The van der Waals surface area contributed by atoms with Gasteiger partial charge in [-0.3, -0.25) is 0 Å². The van der Waals surface area contributed by atoms with Crippen molar-refractivity contribution in [1.82, 2.24) is 4.90 Å². The fourth-order valence-electron chi connectivity index (χ4n) is 3.46. The summed E-state index contributed by atoms with van der Waals surface area (Å²) in [5, 5.41) is 20.1. The van der Waals surface area contributed by atoms with Crippen molar-refractivity contribution >= 4 is 11.1 Å². The lowest BCUT2D eigenvalue weighted by atomic mass is 9.88. The smallest absolute Gasteiger partial charge is 0.119 e. The molecule has 156 valence electrons. The van der Waals surface area contributed by atoms with Gasteiger partial charge in [0, 0.05) is 6.54 Å². The summed E-state index contributed by atoms with van der Waals surface area (Å²) in [6, 6.07) is 22.6. The molecule has 0 aliphatic carbocycles. The van der Waals surface area contributed by atoms with Crippen molar-refractivity contribution < 1.29 is 14.9 Å². The summed E-state index contributed by atoms with van der Waals surface area (Å²) in [6.45, 7) is 3.58. The Hall–Kier alpha value is -3.24. The Labute approximate surface area is 178 Å². The minimum atomic E-state index is 0.222. The SMILES string of the molecule is CC/C(=C(\c1ccc(OCCN(C)C)cc1)c1cccc(O)c1)c1cccc(O)c1. The fourth-order valence-corrected chi connectivity index (χ4v) is 3.46. The molecule has 3 aromatic rings. The van der Waals surface area contributed by atoms with Crippen LogP contribution in [0.15, 0.2) is 72.8 Å². The number of aromatic hydroxyl groups is 2. The number of nitrogens with zero attached hydrogens (tertiary/aromatic N) is 1. The Morgan fingerprint density at radius 1 is 0.800 bits per heavy atom. The van der Waals surface area contributed by atoms with E-state index in [4.69, 9.17) is 4.74 Å². The van der Waals surface area contributed by atoms with E-state index < -0.39 is 0 Å². The lowest BCUT2D eigenvalue weighted by Gasteiger charge is -2.17. The van der Waals surface area contributed by atoms with Crippen LogP contribution in [0.2, 0.25) is 0 Å². The number of likely N-dealkylation sites (N-methyl/N-ethyl adjacent to an activating group) is 1. The van der Waals surface area contributed by atoms with Crippen molar-refractivity contribution in [2.75, 3.05) is 27.2 Å². The molecule has 0 bridgehead atoms. The number of allylic oxidation sites excluding steroid dienone is 1. The van der Waals surface area contributed by atoms with Gasteiger partial charge in [0.05, 0.1) is 0 Å². The van der Waals surface area contributed by atoms with E-state index in [1.807, 2.05) is 62.6 Å². The van der Waals surface area contributed by atoms with E-state index >= 15 is 0 Å². The molecule has 0 saturated heterocycles. The van der Waals surface area contributed by atoms with E-state index in [9.17, 15) is 10.2 Å². The van der Waals surface area contributed by atoms with E-state index in [1.165, 1.54) is 0 Å². The molecule has 3 rings (SSSR count). The molecule has 0 spiro atoms. The maximum absolute atomic E-state index is 10.1. The predicted octanol–water partition coefficient (Wildman–Crippen LogP) is 5.41. The maximum atomic E-state index is 10.1. The lowest BCUT2D eigenvalue weighted by molar-refractivity contribution is 0.261. The van der Waals surface area contributed by atoms with Crippen molar-refractivity contribution in [3.05, 3.63) is 89.5 Å². The Morgan fingerprint density at radius 2 is 1.40 bits per heavy atom. The van der Waals surface area contributed by atoms with Gasteiger partial charge in [-0.2, -0.15) is 0 Å². The van der Waals surface area contributed by atoms with Gasteiger partial charge in [0.15, 0.2) is 0 Å². The van der Waals surface area contributed by atoms with Crippen molar-refractivity contribution in [2.45, 2.75) is 13.3 Å². The van der Waals surface area contributed by atoms with E-state index in [2.05, 4.69) is 11.8 Å². The van der Waals surface area contributed by atoms with Crippen molar-refractivity contribution in [3.63, 3.8) is 0 Å². The highest BCUT2D eigenvalue weighted by Crippen LogP contribution is 2.36. The minimum Gasteiger partial charge on any atom is -0.508 e. The van der Waals surface area contributed by atoms with Crippen molar-refractivity contribution in [3.8, 4) is 17.2 Å². The maximum Gasteiger partial charge on any atom is 0.119 e. The minimum absolute atomic E-state index is 0.222. The molecule has 30 heavy (non-hydrogen) atoms. The first-order valence-corrected chi connectivity index (χ1v) is 10.2.